The largest absolute Gasteiger partial charge is 0.396 e. The molecule has 1 unspecified atom stereocenters. The van der Waals surface area contributed by atoms with Crippen molar-refractivity contribution in [3.8, 4) is 10.6 Å². The van der Waals surface area contributed by atoms with Crippen molar-refractivity contribution in [1.29, 1.82) is 0 Å². The van der Waals surface area contributed by atoms with E-state index in [0.717, 1.165) is 63.9 Å². The maximum absolute atomic E-state index is 9.56. The first-order valence-corrected chi connectivity index (χ1v) is 13.1. The number of benzene rings is 1. The predicted molar refractivity (Wildman–Crippen MR) is 135 cm³/mol. The van der Waals surface area contributed by atoms with E-state index < -0.39 is 0 Å². The number of thioether (sulfide) groups is 1. The molecular formula is C24H29N5OS2. The Morgan fingerprint density at radius 2 is 2.03 bits per heavy atom. The zero-order chi connectivity index (χ0) is 22.1. The Labute approximate surface area is 197 Å². The molecule has 8 heteroatoms. The van der Waals surface area contributed by atoms with Crippen LogP contribution in [-0.4, -0.2) is 45.0 Å². The number of hydrogen-bond donors (Lipinski definition) is 3. The van der Waals surface area contributed by atoms with Crippen LogP contribution in [0.25, 0.3) is 20.8 Å². The summed E-state index contributed by atoms with van der Waals surface area (Å²) in [6.07, 6.45) is 5.37. The first-order chi connectivity index (χ1) is 15.6. The number of aliphatic hydroxyl groups excluding tert-OH is 1. The molecule has 3 N–H and O–H groups in total. The third-order valence-corrected chi connectivity index (χ3v) is 8.56. The van der Waals surface area contributed by atoms with Gasteiger partial charge in [-0.25, -0.2) is 9.97 Å². The Morgan fingerprint density at radius 1 is 1.16 bits per heavy atom. The summed E-state index contributed by atoms with van der Waals surface area (Å²) in [6.45, 7) is 5.29. The van der Waals surface area contributed by atoms with Gasteiger partial charge in [-0.3, -0.25) is 0 Å². The van der Waals surface area contributed by atoms with Crippen LogP contribution in [0.15, 0.2) is 35.2 Å². The van der Waals surface area contributed by atoms with E-state index in [1.54, 1.807) is 11.3 Å². The standard InChI is InChI=1S/C24H29N5OS2/c1-14-9-18(31-13-14)11-25-24-26-15(2)21(23-28-19-5-3-4-6-20(19)32-23)22(29-24)27-17-8-7-16(10-17)12-30/h3-6,9,14,16-17,30H,7-8,10-13H2,1-2H3,(H2,25,26,27,29)/t14?,16-,17+/m1/s1. The molecule has 0 amide bonds. The smallest absolute Gasteiger partial charge is 0.225 e. The molecule has 1 aliphatic heterocycles. The fraction of sp³-hybridized carbons (Fsp3) is 0.458. The Hall–Kier alpha value is -2.16. The average Bonchev–Trinajstić information content (AvgIpc) is 3.51. The van der Waals surface area contributed by atoms with Crippen molar-refractivity contribution in [2.24, 2.45) is 11.8 Å². The van der Waals surface area contributed by atoms with Crippen LogP contribution in [0.4, 0.5) is 11.8 Å². The fourth-order valence-electron chi connectivity index (χ4n) is 4.48. The number of fused-ring (bicyclic) bond motifs is 1. The number of aromatic nitrogens is 3. The molecule has 0 radical (unpaired) electrons. The molecule has 168 valence electrons. The second kappa shape index (κ2) is 9.37. The number of anilines is 2. The molecule has 32 heavy (non-hydrogen) atoms. The quantitative estimate of drug-likeness (QED) is 0.434. The second-order valence-corrected chi connectivity index (χ2v) is 11.0. The van der Waals surface area contributed by atoms with E-state index in [1.165, 1.54) is 4.91 Å². The molecule has 1 fully saturated rings. The van der Waals surface area contributed by atoms with Crippen molar-refractivity contribution in [1.82, 2.24) is 15.0 Å². The molecule has 3 atom stereocenters. The Kier molecular flexibility index (Phi) is 6.35. The van der Waals surface area contributed by atoms with Crippen molar-refractivity contribution in [2.45, 2.75) is 39.2 Å². The monoisotopic (exact) mass is 467 g/mol. The summed E-state index contributed by atoms with van der Waals surface area (Å²) in [5.41, 5.74) is 2.90. The van der Waals surface area contributed by atoms with E-state index in [0.29, 0.717) is 23.8 Å². The summed E-state index contributed by atoms with van der Waals surface area (Å²) in [5.74, 6) is 3.62. The second-order valence-electron chi connectivity index (χ2n) is 8.82. The lowest BCUT2D eigenvalue weighted by Gasteiger charge is -2.18. The van der Waals surface area contributed by atoms with Crippen molar-refractivity contribution in [3.05, 3.63) is 40.9 Å². The van der Waals surface area contributed by atoms with Crippen molar-refractivity contribution >= 4 is 45.1 Å². The van der Waals surface area contributed by atoms with Gasteiger partial charge in [-0.05, 0) is 50.2 Å². The molecule has 3 aromatic rings. The number of rotatable bonds is 7. The van der Waals surface area contributed by atoms with Crippen LogP contribution in [0.2, 0.25) is 0 Å². The third kappa shape index (κ3) is 4.63. The predicted octanol–water partition coefficient (Wildman–Crippen LogP) is 5.31. The molecule has 0 spiro atoms. The maximum atomic E-state index is 9.56. The number of thiazole rings is 1. The highest BCUT2D eigenvalue weighted by Gasteiger charge is 2.26. The SMILES string of the molecule is Cc1nc(NCC2=CC(C)CS2)nc(N[C@H]2CC[C@@H](CO)C2)c1-c1nc2ccccc2s1. The van der Waals surface area contributed by atoms with E-state index in [1.807, 2.05) is 36.9 Å². The van der Waals surface area contributed by atoms with Gasteiger partial charge in [0.25, 0.3) is 0 Å². The van der Waals surface area contributed by atoms with Gasteiger partial charge in [0.2, 0.25) is 5.95 Å². The van der Waals surface area contributed by atoms with Gasteiger partial charge in [0, 0.05) is 29.9 Å². The van der Waals surface area contributed by atoms with Crippen molar-refractivity contribution in [3.63, 3.8) is 0 Å². The third-order valence-electron chi connectivity index (χ3n) is 6.16. The Balaban J connectivity index is 1.47. The molecule has 2 aliphatic rings. The average molecular weight is 468 g/mol. The van der Waals surface area contributed by atoms with E-state index in [9.17, 15) is 5.11 Å². The highest BCUT2D eigenvalue weighted by molar-refractivity contribution is 8.03. The summed E-state index contributed by atoms with van der Waals surface area (Å²) in [7, 11) is 0. The number of hydrogen-bond acceptors (Lipinski definition) is 8. The summed E-state index contributed by atoms with van der Waals surface area (Å²) in [6, 6.07) is 8.52. The Bertz CT molecular complexity index is 1110. The van der Waals surface area contributed by atoms with Crippen LogP contribution in [0.1, 0.15) is 31.9 Å². The van der Waals surface area contributed by atoms with E-state index in [-0.39, 0.29) is 6.61 Å². The molecule has 6 nitrogen and oxygen atoms in total. The normalized spacial score (nSPS) is 23.0. The van der Waals surface area contributed by atoms with Gasteiger partial charge in [0.05, 0.1) is 21.5 Å². The van der Waals surface area contributed by atoms with Crippen LogP contribution in [0, 0.1) is 18.8 Å². The number of nitrogens with zero attached hydrogens (tertiary/aromatic N) is 3. The molecule has 2 aromatic heterocycles. The van der Waals surface area contributed by atoms with Crippen LogP contribution in [0.3, 0.4) is 0 Å². The van der Waals surface area contributed by atoms with Gasteiger partial charge >= 0.3 is 0 Å². The van der Waals surface area contributed by atoms with Crippen LogP contribution in [0.5, 0.6) is 0 Å². The summed E-state index contributed by atoms with van der Waals surface area (Å²) in [4.78, 5) is 15.9. The molecular weight excluding hydrogens is 438 g/mol. The maximum Gasteiger partial charge on any atom is 0.225 e. The zero-order valence-electron chi connectivity index (χ0n) is 18.5. The van der Waals surface area contributed by atoms with Gasteiger partial charge < -0.3 is 15.7 Å². The van der Waals surface area contributed by atoms with Gasteiger partial charge in [-0.15, -0.1) is 23.1 Å². The lowest BCUT2D eigenvalue weighted by atomic mass is 10.1. The lowest BCUT2D eigenvalue weighted by Crippen LogP contribution is -2.19. The molecule has 3 heterocycles. The van der Waals surface area contributed by atoms with E-state index in [4.69, 9.17) is 15.0 Å². The lowest BCUT2D eigenvalue weighted by molar-refractivity contribution is 0.229. The minimum absolute atomic E-state index is 0.254. The first-order valence-electron chi connectivity index (χ1n) is 11.3. The number of aliphatic hydroxyl groups is 1. The highest BCUT2D eigenvalue weighted by Crippen LogP contribution is 2.38. The number of nitrogens with one attached hydrogen (secondary N) is 2. The zero-order valence-corrected chi connectivity index (χ0v) is 20.1. The molecule has 1 aromatic carbocycles. The highest BCUT2D eigenvalue weighted by atomic mass is 32.2. The van der Waals surface area contributed by atoms with Gasteiger partial charge in [-0.1, -0.05) is 25.1 Å². The number of aryl methyl sites for hydroxylation is 1. The van der Waals surface area contributed by atoms with Gasteiger partial charge in [-0.2, -0.15) is 4.98 Å². The van der Waals surface area contributed by atoms with Crippen molar-refractivity contribution in [2.75, 3.05) is 29.5 Å². The number of allylic oxidation sites excluding steroid dienone is 1. The van der Waals surface area contributed by atoms with Crippen molar-refractivity contribution < 1.29 is 5.11 Å². The van der Waals surface area contributed by atoms with E-state index in [2.05, 4.69) is 29.7 Å². The molecule has 0 bridgehead atoms. The van der Waals surface area contributed by atoms with Gasteiger partial charge in [0.1, 0.15) is 10.8 Å². The summed E-state index contributed by atoms with van der Waals surface area (Å²) >= 11 is 3.58. The molecule has 1 saturated carbocycles. The molecule has 1 aliphatic carbocycles. The van der Waals surface area contributed by atoms with Crippen LogP contribution < -0.4 is 10.6 Å². The first kappa shape index (κ1) is 21.7. The van der Waals surface area contributed by atoms with Crippen LogP contribution >= 0.6 is 23.1 Å². The fourth-order valence-corrected chi connectivity index (χ4v) is 6.62. The van der Waals surface area contributed by atoms with Crippen LogP contribution in [-0.2, 0) is 0 Å². The Morgan fingerprint density at radius 3 is 2.78 bits per heavy atom. The molecule has 0 saturated heterocycles. The molecule has 5 rings (SSSR count). The summed E-state index contributed by atoms with van der Waals surface area (Å²) in [5, 5.41) is 17.6. The minimum atomic E-state index is 0.254. The van der Waals surface area contributed by atoms with Gasteiger partial charge in [0.15, 0.2) is 0 Å². The minimum Gasteiger partial charge on any atom is -0.396 e. The summed E-state index contributed by atoms with van der Waals surface area (Å²) < 4.78 is 1.16. The topological polar surface area (TPSA) is 83.0 Å². The van der Waals surface area contributed by atoms with E-state index >= 15 is 0 Å². The number of para-hydroxylation sites is 1.